The van der Waals surface area contributed by atoms with E-state index < -0.39 is 0 Å². The maximum absolute atomic E-state index is 13.7. The summed E-state index contributed by atoms with van der Waals surface area (Å²) >= 11 is 0. The van der Waals surface area contributed by atoms with E-state index in [2.05, 4.69) is 133 Å². The number of rotatable bonds is 7. The lowest BCUT2D eigenvalue weighted by Crippen LogP contribution is -2.09. The molecule has 0 spiro atoms. The van der Waals surface area contributed by atoms with E-state index in [4.69, 9.17) is 0 Å². The summed E-state index contributed by atoms with van der Waals surface area (Å²) in [7, 11) is 1.95. The molecule has 6 rings (SSSR count). The molecule has 41 heavy (non-hydrogen) atoms. The molecule has 6 aromatic rings. The summed E-state index contributed by atoms with van der Waals surface area (Å²) in [6, 6.07) is 51.5. The Morgan fingerprint density at radius 3 is 1.32 bits per heavy atom. The molecule has 200 valence electrons. The predicted octanol–water partition coefficient (Wildman–Crippen LogP) is 10.7. The Morgan fingerprint density at radius 2 is 0.829 bits per heavy atom. The molecule has 0 aliphatic rings. The van der Waals surface area contributed by atoms with Crippen LogP contribution in [0.25, 0.3) is 22.3 Å². The van der Waals surface area contributed by atoms with Crippen LogP contribution in [0, 0.1) is 12.7 Å². The van der Waals surface area contributed by atoms with Gasteiger partial charge < -0.3 is 9.80 Å². The second-order valence-corrected chi connectivity index (χ2v) is 10.2. The molecule has 0 amide bonds. The lowest BCUT2D eigenvalue weighted by Gasteiger charge is -2.26. The molecule has 6 aromatic carbocycles. The molecule has 0 saturated carbocycles. The Kier molecular flexibility index (Phi) is 7.34. The van der Waals surface area contributed by atoms with E-state index in [1.165, 1.54) is 22.8 Å². The van der Waals surface area contributed by atoms with Crippen LogP contribution < -0.4 is 9.80 Å². The molecule has 0 aromatic heterocycles. The van der Waals surface area contributed by atoms with Crippen LogP contribution in [0.4, 0.5) is 32.8 Å². The molecule has 3 heteroatoms. The van der Waals surface area contributed by atoms with Gasteiger partial charge in [-0.2, -0.15) is 0 Å². The zero-order valence-electron chi connectivity index (χ0n) is 23.2. The number of benzene rings is 6. The Hall–Kier alpha value is -5.15. The van der Waals surface area contributed by atoms with Crippen molar-refractivity contribution in [2.45, 2.75) is 6.92 Å². The van der Waals surface area contributed by atoms with Crippen LogP contribution in [0.2, 0.25) is 0 Å². The summed E-state index contributed by atoms with van der Waals surface area (Å²) in [5.74, 6) is -0.238. The fourth-order valence-corrected chi connectivity index (χ4v) is 5.09. The molecular weight excluding hydrogens is 503 g/mol. The molecule has 2 nitrogen and oxygen atoms in total. The number of nitrogens with zero attached hydrogens (tertiary/aromatic N) is 2. The minimum atomic E-state index is -0.238. The van der Waals surface area contributed by atoms with Gasteiger partial charge in [0.25, 0.3) is 0 Å². The zero-order valence-corrected chi connectivity index (χ0v) is 23.2. The third kappa shape index (κ3) is 5.75. The first kappa shape index (κ1) is 26.1. The average Bonchev–Trinajstić information content (AvgIpc) is 3.03. The highest BCUT2D eigenvalue weighted by Gasteiger charge is 2.13. The van der Waals surface area contributed by atoms with Crippen LogP contribution >= 0.6 is 0 Å². The maximum Gasteiger partial charge on any atom is 0.125 e. The number of anilines is 5. The monoisotopic (exact) mass is 534 g/mol. The molecule has 0 heterocycles. The fourth-order valence-electron chi connectivity index (χ4n) is 5.09. The van der Waals surface area contributed by atoms with Gasteiger partial charge in [-0.25, -0.2) is 4.39 Å². The van der Waals surface area contributed by atoms with E-state index in [0.717, 1.165) is 39.6 Å². The summed E-state index contributed by atoms with van der Waals surface area (Å²) in [5, 5.41) is 0. The number of para-hydroxylation sites is 1. The number of hydrogen-bond acceptors (Lipinski definition) is 2. The van der Waals surface area contributed by atoms with Crippen molar-refractivity contribution in [2.24, 2.45) is 0 Å². The molecular formula is C38H31FN2. The van der Waals surface area contributed by atoms with Crippen molar-refractivity contribution in [1.29, 1.82) is 0 Å². The lowest BCUT2D eigenvalue weighted by atomic mass is 10.0. The zero-order chi connectivity index (χ0) is 28.2. The normalized spacial score (nSPS) is 10.8. The van der Waals surface area contributed by atoms with E-state index in [-0.39, 0.29) is 5.82 Å². The van der Waals surface area contributed by atoms with Crippen molar-refractivity contribution in [3.05, 3.63) is 163 Å². The Morgan fingerprint density at radius 1 is 0.415 bits per heavy atom. The molecule has 0 aliphatic heterocycles. The summed E-state index contributed by atoms with van der Waals surface area (Å²) in [4.78, 5) is 4.26. The number of aryl methyl sites for hydroxylation is 1. The Labute approximate surface area is 241 Å². The standard InChI is InChI=1S/C38H31FN2/c1-28-11-13-29(14-12-28)31-17-23-36(24-18-31)41(35-8-4-3-5-9-35)37-25-19-32(20-26-37)30-15-21-34(22-16-30)40(2)38-10-6-7-33(39)27-38/h3-27H,1-2H3. The van der Waals surface area contributed by atoms with Crippen molar-refractivity contribution in [3.8, 4) is 22.3 Å². The predicted molar refractivity (Wildman–Crippen MR) is 171 cm³/mol. The lowest BCUT2D eigenvalue weighted by molar-refractivity contribution is 0.628. The Balaban J connectivity index is 1.27. The van der Waals surface area contributed by atoms with E-state index >= 15 is 0 Å². The van der Waals surface area contributed by atoms with Gasteiger partial charge in [0, 0.05) is 35.5 Å². The maximum atomic E-state index is 13.7. The quantitative estimate of drug-likeness (QED) is 0.201. The highest BCUT2D eigenvalue weighted by Crippen LogP contribution is 2.37. The highest BCUT2D eigenvalue weighted by atomic mass is 19.1. The summed E-state index contributed by atoms with van der Waals surface area (Å²) in [6.07, 6.45) is 0. The molecule has 0 atom stereocenters. The molecule has 0 aliphatic carbocycles. The van der Waals surface area contributed by atoms with E-state index in [0.29, 0.717) is 0 Å². The third-order valence-corrected chi connectivity index (χ3v) is 7.43. The van der Waals surface area contributed by atoms with Gasteiger partial charge in [-0.15, -0.1) is 0 Å². The largest absolute Gasteiger partial charge is 0.345 e. The molecule has 0 radical (unpaired) electrons. The minimum Gasteiger partial charge on any atom is -0.345 e. The van der Waals surface area contributed by atoms with Crippen LogP contribution in [0.15, 0.2) is 152 Å². The first-order valence-electron chi connectivity index (χ1n) is 13.8. The molecule has 0 N–H and O–H groups in total. The number of halogens is 1. The van der Waals surface area contributed by atoms with Gasteiger partial charge in [0.1, 0.15) is 5.82 Å². The second-order valence-electron chi connectivity index (χ2n) is 10.2. The van der Waals surface area contributed by atoms with Crippen LogP contribution in [0.3, 0.4) is 0 Å². The van der Waals surface area contributed by atoms with Crippen molar-refractivity contribution in [2.75, 3.05) is 16.8 Å². The SMILES string of the molecule is Cc1ccc(-c2ccc(N(c3ccccc3)c3ccc(-c4ccc(N(C)c5cccc(F)c5)cc4)cc3)cc2)cc1. The summed E-state index contributed by atoms with van der Waals surface area (Å²) < 4.78 is 13.7. The first-order valence-corrected chi connectivity index (χ1v) is 13.8. The first-order chi connectivity index (χ1) is 20.0. The van der Waals surface area contributed by atoms with Crippen molar-refractivity contribution in [1.82, 2.24) is 0 Å². The minimum absolute atomic E-state index is 0.238. The topological polar surface area (TPSA) is 6.48 Å². The van der Waals surface area contributed by atoms with Gasteiger partial charge in [-0.05, 0) is 95.9 Å². The van der Waals surface area contributed by atoms with E-state index in [1.54, 1.807) is 12.1 Å². The van der Waals surface area contributed by atoms with Crippen LogP contribution in [0.1, 0.15) is 5.56 Å². The van der Waals surface area contributed by atoms with E-state index in [9.17, 15) is 4.39 Å². The van der Waals surface area contributed by atoms with Crippen molar-refractivity contribution < 1.29 is 4.39 Å². The molecule has 0 saturated heterocycles. The van der Waals surface area contributed by atoms with Crippen LogP contribution in [-0.4, -0.2) is 7.05 Å². The van der Waals surface area contributed by atoms with Gasteiger partial charge >= 0.3 is 0 Å². The highest BCUT2D eigenvalue weighted by molar-refractivity contribution is 5.80. The van der Waals surface area contributed by atoms with Gasteiger partial charge in [0.15, 0.2) is 0 Å². The Bertz CT molecular complexity index is 1730. The summed E-state index contributed by atoms with van der Waals surface area (Å²) in [6.45, 7) is 2.11. The van der Waals surface area contributed by atoms with Crippen LogP contribution in [0.5, 0.6) is 0 Å². The smallest absolute Gasteiger partial charge is 0.125 e. The van der Waals surface area contributed by atoms with E-state index in [1.807, 2.05) is 24.1 Å². The number of hydrogen-bond donors (Lipinski definition) is 0. The second kappa shape index (κ2) is 11.5. The van der Waals surface area contributed by atoms with Crippen molar-refractivity contribution in [3.63, 3.8) is 0 Å². The van der Waals surface area contributed by atoms with Crippen molar-refractivity contribution >= 4 is 28.4 Å². The average molecular weight is 535 g/mol. The fraction of sp³-hybridized carbons (Fsp3) is 0.0526. The molecule has 0 fully saturated rings. The third-order valence-electron chi connectivity index (χ3n) is 7.43. The van der Waals surface area contributed by atoms with Gasteiger partial charge in [-0.3, -0.25) is 0 Å². The van der Waals surface area contributed by atoms with Crippen LogP contribution in [-0.2, 0) is 0 Å². The summed E-state index contributed by atoms with van der Waals surface area (Å²) in [5.41, 5.74) is 11.0. The molecule has 0 bridgehead atoms. The molecule has 0 unspecified atom stereocenters. The van der Waals surface area contributed by atoms with Gasteiger partial charge in [-0.1, -0.05) is 90.5 Å². The van der Waals surface area contributed by atoms with Gasteiger partial charge in [0.2, 0.25) is 0 Å². The van der Waals surface area contributed by atoms with Gasteiger partial charge in [0.05, 0.1) is 0 Å².